The standard InChI is InChI=1S/C9H12O3/c10-9(11)4-3-8-2-1-6-12-7-5-8/h1-4,8H,5-7H2,(H,10,11). The second-order valence-electron chi connectivity index (χ2n) is 2.65. The summed E-state index contributed by atoms with van der Waals surface area (Å²) < 4.78 is 5.16. The van der Waals surface area contributed by atoms with Crippen molar-refractivity contribution in [2.75, 3.05) is 13.2 Å². The molecule has 1 aliphatic rings. The van der Waals surface area contributed by atoms with Gasteiger partial charge in [0.05, 0.1) is 6.61 Å². The van der Waals surface area contributed by atoms with E-state index >= 15 is 0 Å². The van der Waals surface area contributed by atoms with Crippen molar-refractivity contribution in [3.63, 3.8) is 0 Å². The lowest BCUT2D eigenvalue weighted by Gasteiger charge is -2.02. The number of carboxylic acid groups (broad SMARTS) is 1. The van der Waals surface area contributed by atoms with Gasteiger partial charge in [-0.05, 0) is 12.3 Å². The first kappa shape index (κ1) is 9.00. The lowest BCUT2D eigenvalue weighted by atomic mass is 10.1. The molecule has 0 radical (unpaired) electrons. The van der Waals surface area contributed by atoms with Gasteiger partial charge in [-0.25, -0.2) is 4.79 Å². The maximum absolute atomic E-state index is 10.2. The highest BCUT2D eigenvalue weighted by molar-refractivity contribution is 5.79. The van der Waals surface area contributed by atoms with E-state index in [1.807, 2.05) is 12.2 Å². The second kappa shape index (κ2) is 4.72. The molecule has 1 atom stereocenters. The molecule has 0 aromatic carbocycles. The van der Waals surface area contributed by atoms with Crippen molar-refractivity contribution in [1.29, 1.82) is 0 Å². The van der Waals surface area contributed by atoms with E-state index in [1.54, 1.807) is 6.08 Å². The Morgan fingerprint density at radius 2 is 2.50 bits per heavy atom. The number of aliphatic carboxylic acids is 1. The quantitative estimate of drug-likeness (QED) is 0.498. The van der Waals surface area contributed by atoms with Gasteiger partial charge in [0.25, 0.3) is 0 Å². The second-order valence-corrected chi connectivity index (χ2v) is 2.65. The Labute approximate surface area is 71.3 Å². The number of allylic oxidation sites excluding steroid dienone is 2. The van der Waals surface area contributed by atoms with Crippen LogP contribution in [0.15, 0.2) is 24.3 Å². The topological polar surface area (TPSA) is 46.5 Å². The molecule has 1 heterocycles. The molecule has 3 nitrogen and oxygen atoms in total. The van der Waals surface area contributed by atoms with Gasteiger partial charge in [0.15, 0.2) is 0 Å². The Bertz CT molecular complexity index is 206. The Balaban J connectivity index is 2.44. The van der Waals surface area contributed by atoms with Crippen molar-refractivity contribution in [2.45, 2.75) is 6.42 Å². The average Bonchev–Trinajstić information content (AvgIpc) is 2.28. The average molecular weight is 168 g/mol. The van der Waals surface area contributed by atoms with Gasteiger partial charge in [0.2, 0.25) is 0 Å². The van der Waals surface area contributed by atoms with Gasteiger partial charge in [0.1, 0.15) is 0 Å². The highest BCUT2D eigenvalue weighted by Crippen LogP contribution is 2.10. The Kier molecular flexibility index (Phi) is 3.54. The molecule has 0 aliphatic carbocycles. The third kappa shape index (κ3) is 3.34. The van der Waals surface area contributed by atoms with Crippen LogP contribution in [0, 0.1) is 5.92 Å². The van der Waals surface area contributed by atoms with E-state index in [-0.39, 0.29) is 5.92 Å². The van der Waals surface area contributed by atoms with Crippen molar-refractivity contribution in [2.24, 2.45) is 5.92 Å². The molecular formula is C9H12O3. The smallest absolute Gasteiger partial charge is 0.327 e. The molecule has 12 heavy (non-hydrogen) atoms. The molecule has 3 heteroatoms. The molecule has 1 aliphatic heterocycles. The SMILES string of the molecule is O=C(O)C=CC1C=CCOCC1. The summed E-state index contributed by atoms with van der Waals surface area (Å²) in [5, 5.41) is 8.37. The molecule has 0 amide bonds. The first-order valence-corrected chi connectivity index (χ1v) is 3.94. The van der Waals surface area contributed by atoms with Gasteiger partial charge in [-0.15, -0.1) is 0 Å². The molecule has 0 bridgehead atoms. The molecule has 0 fully saturated rings. The zero-order valence-electron chi connectivity index (χ0n) is 6.77. The predicted molar refractivity (Wildman–Crippen MR) is 44.8 cm³/mol. The molecule has 0 aromatic heterocycles. The number of carboxylic acids is 1. The largest absolute Gasteiger partial charge is 0.478 e. The lowest BCUT2D eigenvalue weighted by Crippen LogP contribution is -1.97. The monoisotopic (exact) mass is 168 g/mol. The van der Waals surface area contributed by atoms with Crippen molar-refractivity contribution >= 4 is 5.97 Å². The van der Waals surface area contributed by atoms with E-state index in [9.17, 15) is 4.79 Å². The third-order valence-corrected chi connectivity index (χ3v) is 1.68. The molecule has 0 aromatic rings. The predicted octanol–water partition coefficient (Wildman–Crippen LogP) is 1.22. The van der Waals surface area contributed by atoms with Crippen LogP contribution in [0.1, 0.15) is 6.42 Å². The number of rotatable bonds is 2. The number of hydrogen-bond acceptors (Lipinski definition) is 2. The fourth-order valence-corrected chi connectivity index (χ4v) is 1.06. The van der Waals surface area contributed by atoms with Crippen LogP contribution in [-0.2, 0) is 9.53 Å². The Morgan fingerprint density at radius 1 is 1.67 bits per heavy atom. The zero-order valence-corrected chi connectivity index (χ0v) is 6.77. The van der Waals surface area contributed by atoms with Crippen LogP contribution in [0.4, 0.5) is 0 Å². The van der Waals surface area contributed by atoms with E-state index in [1.165, 1.54) is 6.08 Å². The Hall–Kier alpha value is -1.09. The Morgan fingerprint density at radius 3 is 3.25 bits per heavy atom. The summed E-state index contributed by atoms with van der Waals surface area (Å²) in [7, 11) is 0. The van der Waals surface area contributed by atoms with E-state index in [4.69, 9.17) is 9.84 Å². The normalized spacial score (nSPS) is 24.2. The maximum Gasteiger partial charge on any atom is 0.327 e. The van der Waals surface area contributed by atoms with Gasteiger partial charge in [-0.3, -0.25) is 0 Å². The van der Waals surface area contributed by atoms with E-state index in [2.05, 4.69) is 0 Å². The highest BCUT2D eigenvalue weighted by atomic mass is 16.5. The summed E-state index contributed by atoms with van der Waals surface area (Å²) in [4.78, 5) is 10.2. The van der Waals surface area contributed by atoms with Crippen molar-refractivity contribution < 1.29 is 14.6 Å². The lowest BCUT2D eigenvalue weighted by molar-refractivity contribution is -0.131. The summed E-state index contributed by atoms with van der Waals surface area (Å²) >= 11 is 0. The van der Waals surface area contributed by atoms with Gasteiger partial charge in [-0.2, -0.15) is 0 Å². The zero-order chi connectivity index (χ0) is 8.81. The fraction of sp³-hybridized carbons (Fsp3) is 0.444. The highest BCUT2D eigenvalue weighted by Gasteiger charge is 2.03. The minimum Gasteiger partial charge on any atom is -0.478 e. The molecular weight excluding hydrogens is 156 g/mol. The minimum absolute atomic E-state index is 0.212. The van der Waals surface area contributed by atoms with E-state index in [0.717, 1.165) is 6.42 Å². The van der Waals surface area contributed by atoms with Crippen LogP contribution in [-0.4, -0.2) is 24.3 Å². The molecule has 1 rings (SSSR count). The fourth-order valence-electron chi connectivity index (χ4n) is 1.06. The van der Waals surface area contributed by atoms with Crippen LogP contribution in [0.3, 0.4) is 0 Å². The summed E-state index contributed by atoms with van der Waals surface area (Å²) in [5.74, 6) is -0.683. The number of hydrogen-bond donors (Lipinski definition) is 1. The van der Waals surface area contributed by atoms with Gasteiger partial charge >= 0.3 is 5.97 Å². The first-order valence-electron chi connectivity index (χ1n) is 3.94. The van der Waals surface area contributed by atoms with Gasteiger partial charge in [0, 0.05) is 12.7 Å². The molecule has 0 spiro atoms. The molecule has 1 N–H and O–H groups in total. The summed E-state index contributed by atoms with van der Waals surface area (Å²) in [5.41, 5.74) is 0. The van der Waals surface area contributed by atoms with Crippen LogP contribution < -0.4 is 0 Å². The van der Waals surface area contributed by atoms with Gasteiger partial charge in [-0.1, -0.05) is 18.2 Å². The summed E-state index contributed by atoms with van der Waals surface area (Å²) in [6, 6.07) is 0. The van der Waals surface area contributed by atoms with E-state index < -0.39 is 5.97 Å². The summed E-state index contributed by atoms with van der Waals surface area (Å²) in [6.45, 7) is 1.33. The molecule has 66 valence electrons. The number of ether oxygens (including phenoxy) is 1. The third-order valence-electron chi connectivity index (χ3n) is 1.68. The minimum atomic E-state index is -0.895. The molecule has 1 unspecified atom stereocenters. The number of carbonyl (C=O) groups is 1. The van der Waals surface area contributed by atoms with E-state index in [0.29, 0.717) is 13.2 Å². The summed E-state index contributed by atoms with van der Waals surface area (Å²) in [6.07, 6.45) is 7.63. The van der Waals surface area contributed by atoms with Crippen LogP contribution >= 0.6 is 0 Å². The van der Waals surface area contributed by atoms with Crippen molar-refractivity contribution in [3.05, 3.63) is 24.3 Å². The van der Waals surface area contributed by atoms with Crippen LogP contribution in [0.5, 0.6) is 0 Å². The van der Waals surface area contributed by atoms with Crippen molar-refractivity contribution in [1.82, 2.24) is 0 Å². The first-order chi connectivity index (χ1) is 5.79. The molecule has 0 saturated carbocycles. The van der Waals surface area contributed by atoms with Gasteiger partial charge < -0.3 is 9.84 Å². The van der Waals surface area contributed by atoms with Crippen LogP contribution in [0.25, 0.3) is 0 Å². The van der Waals surface area contributed by atoms with Crippen LogP contribution in [0.2, 0.25) is 0 Å². The maximum atomic E-state index is 10.2. The molecule has 0 saturated heterocycles. The van der Waals surface area contributed by atoms with Crippen molar-refractivity contribution in [3.8, 4) is 0 Å².